The largest absolute Gasteiger partial charge is 0.463 e. The number of rotatable bonds is 9. The molecule has 4 heteroatoms. The Morgan fingerprint density at radius 1 is 1.33 bits per heavy atom. The van der Waals surface area contributed by atoms with Gasteiger partial charge in [0.15, 0.2) is 0 Å². The molecule has 1 N–H and O–H groups in total. The lowest BCUT2D eigenvalue weighted by Crippen LogP contribution is -2.18. The number of ether oxygens (including phenoxy) is 2. The van der Waals surface area contributed by atoms with E-state index in [2.05, 4.69) is 0 Å². The summed E-state index contributed by atoms with van der Waals surface area (Å²) in [5, 5.41) is 9.97. The van der Waals surface area contributed by atoms with E-state index in [0.29, 0.717) is 26.2 Å². The van der Waals surface area contributed by atoms with Crippen molar-refractivity contribution >= 4 is 5.97 Å². The molecular formula is C17H24O4. The first-order valence-corrected chi connectivity index (χ1v) is 7.28. The third-order valence-corrected chi connectivity index (χ3v) is 3.10. The molecule has 0 radical (unpaired) electrons. The fraction of sp³-hybridized carbons (Fsp3) is 0.471. The molecule has 0 spiro atoms. The van der Waals surface area contributed by atoms with Crippen LogP contribution in [-0.4, -0.2) is 30.4 Å². The lowest BCUT2D eigenvalue weighted by Gasteiger charge is -2.15. The Hall–Kier alpha value is -1.65. The molecule has 0 heterocycles. The van der Waals surface area contributed by atoms with Gasteiger partial charge in [-0.15, -0.1) is 0 Å². The van der Waals surface area contributed by atoms with Crippen LogP contribution in [0.3, 0.4) is 0 Å². The number of benzene rings is 1. The second kappa shape index (κ2) is 10.1. The molecule has 0 aliphatic rings. The highest BCUT2D eigenvalue weighted by Gasteiger charge is 2.11. The summed E-state index contributed by atoms with van der Waals surface area (Å²) in [7, 11) is 0. The van der Waals surface area contributed by atoms with E-state index in [1.807, 2.05) is 37.3 Å². The predicted octanol–water partition coefficient (Wildman–Crippen LogP) is 2.71. The van der Waals surface area contributed by atoms with Gasteiger partial charge in [0.25, 0.3) is 0 Å². The smallest absolute Gasteiger partial charge is 0.330 e. The third-order valence-electron chi connectivity index (χ3n) is 3.10. The van der Waals surface area contributed by atoms with Crippen LogP contribution in [0.25, 0.3) is 0 Å². The lowest BCUT2D eigenvalue weighted by atomic mass is 10.0. The van der Waals surface area contributed by atoms with Crippen molar-refractivity contribution in [2.45, 2.75) is 33.0 Å². The Balaban J connectivity index is 2.20. The molecule has 1 aromatic carbocycles. The number of carbonyl (C=O) groups is 1. The molecule has 0 saturated heterocycles. The van der Waals surface area contributed by atoms with Gasteiger partial charge in [-0.1, -0.05) is 43.3 Å². The van der Waals surface area contributed by atoms with Crippen LogP contribution in [0.2, 0.25) is 0 Å². The van der Waals surface area contributed by atoms with Gasteiger partial charge in [0, 0.05) is 18.6 Å². The molecule has 0 aliphatic heterocycles. The number of hydrogen-bond donors (Lipinski definition) is 1. The van der Waals surface area contributed by atoms with Crippen molar-refractivity contribution in [3.8, 4) is 0 Å². The molecule has 2 atom stereocenters. The maximum atomic E-state index is 11.2. The Labute approximate surface area is 126 Å². The number of carbonyl (C=O) groups excluding carboxylic acids is 1. The van der Waals surface area contributed by atoms with Gasteiger partial charge >= 0.3 is 5.97 Å². The maximum Gasteiger partial charge on any atom is 0.330 e. The number of aliphatic hydroxyl groups is 1. The summed E-state index contributed by atoms with van der Waals surface area (Å²) in [5.74, 6) is -0.494. The van der Waals surface area contributed by atoms with E-state index >= 15 is 0 Å². The second-order valence-electron chi connectivity index (χ2n) is 4.86. The minimum atomic E-state index is -0.536. The quantitative estimate of drug-likeness (QED) is 0.432. The zero-order valence-electron chi connectivity index (χ0n) is 12.7. The van der Waals surface area contributed by atoms with Crippen molar-refractivity contribution in [2.75, 3.05) is 13.2 Å². The first-order valence-electron chi connectivity index (χ1n) is 7.28. The van der Waals surface area contributed by atoms with Crippen molar-refractivity contribution in [3.05, 3.63) is 48.0 Å². The van der Waals surface area contributed by atoms with Crippen molar-refractivity contribution in [1.82, 2.24) is 0 Å². The van der Waals surface area contributed by atoms with Gasteiger partial charge in [-0.2, -0.15) is 0 Å². The Bertz CT molecular complexity index is 428. The molecule has 0 fully saturated rings. The first kappa shape index (κ1) is 17.4. The number of aliphatic hydroxyl groups excluding tert-OH is 1. The Kier molecular flexibility index (Phi) is 8.40. The minimum Gasteiger partial charge on any atom is -0.463 e. The maximum absolute atomic E-state index is 11.2. The fourth-order valence-electron chi connectivity index (χ4n) is 1.78. The summed E-state index contributed by atoms with van der Waals surface area (Å²) in [6, 6.07) is 9.90. The van der Waals surface area contributed by atoms with Crippen LogP contribution in [0.1, 0.15) is 25.8 Å². The standard InChI is InChI=1S/C17H24O4/c1-3-21-17(19)10-9-14(2)16(18)11-12-20-13-15-7-5-4-6-8-15/h4-10,14,16,18H,3,11-13H2,1-2H3/b10-9+/t14-,16-/m1/s1. The van der Waals surface area contributed by atoms with E-state index in [9.17, 15) is 9.90 Å². The predicted molar refractivity (Wildman–Crippen MR) is 81.7 cm³/mol. The van der Waals surface area contributed by atoms with Gasteiger partial charge in [0.1, 0.15) is 0 Å². The number of esters is 1. The van der Waals surface area contributed by atoms with Gasteiger partial charge in [-0.05, 0) is 18.9 Å². The zero-order chi connectivity index (χ0) is 15.5. The van der Waals surface area contributed by atoms with Crippen molar-refractivity contribution in [3.63, 3.8) is 0 Å². The fourth-order valence-corrected chi connectivity index (χ4v) is 1.78. The second-order valence-corrected chi connectivity index (χ2v) is 4.86. The average Bonchev–Trinajstić information content (AvgIpc) is 2.50. The van der Waals surface area contributed by atoms with Gasteiger partial charge in [0.05, 0.1) is 19.3 Å². The van der Waals surface area contributed by atoms with E-state index in [1.165, 1.54) is 6.08 Å². The molecule has 1 rings (SSSR count). The molecule has 0 saturated carbocycles. The molecule has 4 nitrogen and oxygen atoms in total. The van der Waals surface area contributed by atoms with Crippen LogP contribution in [0, 0.1) is 5.92 Å². The van der Waals surface area contributed by atoms with Crippen LogP contribution < -0.4 is 0 Å². The van der Waals surface area contributed by atoms with Gasteiger partial charge in [0.2, 0.25) is 0 Å². The summed E-state index contributed by atoms with van der Waals surface area (Å²) < 4.78 is 10.3. The molecule has 21 heavy (non-hydrogen) atoms. The molecule has 1 aromatic rings. The molecule has 0 aliphatic carbocycles. The molecular weight excluding hydrogens is 268 g/mol. The summed E-state index contributed by atoms with van der Waals surface area (Å²) in [6.07, 6.45) is 3.02. The first-order chi connectivity index (χ1) is 10.1. The monoisotopic (exact) mass is 292 g/mol. The molecule has 116 valence electrons. The van der Waals surface area contributed by atoms with Crippen molar-refractivity contribution < 1.29 is 19.4 Å². The highest BCUT2D eigenvalue weighted by Crippen LogP contribution is 2.10. The van der Waals surface area contributed by atoms with E-state index in [-0.39, 0.29) is 11.9 Å². The topological polar surface area (TPSA) is 55.8 Å². The highest BCUT2D eigenvalue weighted by molar-refractivity contribution is 5.81. The summed E-state index contributed by atoms with van der Waals surface area (Å²) in [4.78, 5) is 11.2. The number of hydrogen-bond acceptors (Lipinski definition) is 4. The summed E-state index contributed by atoms with van der Waals surface area (Å²) >= 11 is 0. The molecule has 0 bridgehead atoms. The Morgan fingerprint density at radius 2 is 2.05 bits per heavy atom. The van der Waals surface area contributed by atoms with E-state index < -0.39 is 6.10 Å². The molecule has 0 unspecified atom stereocenters. The summed E-state index contributed by atoms with van der Waals surface area (Å²) in [6.45, 7) is 4.99. The van der Waals surface area contributed by atoms with Crippen molar-refractivity contribution in [1.29, 1.82) is 0 Å². The van der Waals surface area contributed by atoms with E-state index in [0.717, 1.165) is 5.56 Å². The third kappa shape index (κ3) is 7.63. The lowest BCUT2D eigenvalue weighted by molar-refractivity contribution is -0.137. The van der Waals surface area contributed by atoms with E-state index in [1.54, 1.807) is 13.0 Å². The highest BCUT2D eigenvalue weighted by atomic mass is 16.5. The summed E-state index contributed by atoms with van der Waals surface area (Å²) in [5.41, 5.74) is 1.11. The normalized spacial score (nSPS) is 14.0. The van der Waals surface area contributed by atoms with Crippen molar-refractivity contribution in [2.24, 2.45) is 5.92 Å². The van der Waals surface area contributed by atoms with Crippen LogP contribution in [0.15, 0.2) is 42.5 Å². The minimum absolute atomic E-state index is 0.116. The average molecular weight is 292 g/mol. The van der Waals surface area contributed by atoms with Crippen LogP contribution in [0.4, 0.5) is 0 Å². The Morgan fingerprint density at radius 3 is 2.71 bits per heavy atom. The van der Waals surface area contributed by atoms with Gasteiger partial charge in [-0.25, -0.2) is 4.79 Å². The van der Waals surface area contributed by atoms with E-state index in [4.69, 9.17) is 9.47 Å². The van der Waals surface area contributed by atoms with Crippen LogP contribution >= 0.6 is 0 Å². The molecule has 0 aromatic heterocycles. The van der Waals surface area contributed by atoms with Crippen LogP contribution in [-0.2, 0) is 20.9 Å². The molecule has 0 amide bonds. The zero-order valence-corrected chi connectivity index (χ0v) is 12.7. The van der Waals surface area contributed by atoms with Gasteiger partial charge < -0.3 is 14.6 Å². The SMILES string of the molecule is CCOC(=O)/C=C/[C@@H](C)[C@H](O)CCOCc1ccccc1. The van der Waals surface area contributed by atoms with Crippen LogP contribution in [0.5, 0.6) is 0 Å². The van der Waals surface area contributed by atoms with Gasteiger partial charge in [-0.3, -0.25) is 0 Å².